The van der Waals surface area contributed by atoms with Crippen molar-refractivity contribution in [3.8, 4) is 17.1 Å². The summed E-state index contributed by atoms with van der Waals surface area (Å²) in [5, 5.41) is 16.8. The Morgan fingerprint density at radius 1 is 1.24 bits per heavy atom. The molecule has 0 unspecified atom stereocenters. The van der Waals surface area contributed by atoms with Gasteiger partial charge in [0, 0.05) is 7.05 Å². The molecule has 0 aliphatic heterocycles. The molecule has 21 heavy (non-hydrogen) atoms. The Labute approximate surface area is 135 Å². The molecule has 3 aromatic rings. The van der Waals surface area contributed by atoms with E-state index in [4.69, 9.17) is 4.74 Å². The minimum Gasteiger partial charge on any atom is -0.497 e. The molecule has 7 nitrogen and oxygen atoms in total. The number of aromatic nitrogens is 6. The van der Waals surface area contributed by atoms with Crippen LogP contribution in [0.2, 0.25) is 0 Å². The minimum atomic E-state index is 0.563. The normalized spacial score (nSPS) is 10.8. The number of halogens is 1. The molecule has 8 heteroatoms. The number of aryl methyl sites for hydroxylation is 1. The van der Waals surface area contributed by atoms with Gasteiger partial charge in [0.05, 0.1) is 25.4 Å². The van der Waals surface area contributed by atoms with Crippen LogP contribution < -0.4 is 4.74 Å². The van der Waals surface area contributed by atoms with Gasteiger partial charge in [-0.25, -0.2) is 0 Å². The van der Waals surface area contributed by atoms with Gasteiger partial charge in [0.25, 0.3) is 0 Å². The zero-order valence-electron chi connectivity index (χ0n) is 11.6. The summed E-state index contributed by atoms with van der Waals surface area (Å²) >= 11 is 2.21. The monoisotopic (exact) mass is 396 g/mol. The van der Waals surface area contributed by atoms with Crippen LogP contribution in [0.5, 0.6) is 5.75 Å². The van der Waals surface area contributed by atoms with Gasteiger partial charge < -0.3 is 4.74 Å². The van der Waals surface area contributed by atoms with E-state index in [1.54, 1.807) is 22.8 Å². The maximum Gasteiger partial charge on any atom is 0.209 e. The van der Waals surface area contributed by atoms with Gasteiger partial charge in [-0.15, -0.1) is 10.2 Å². The van der Waals surface area contributed by atoms with Crippen molar-refractivity contribution in [1.29, 1.82) is 0 Å². The molecule has 0 saturated carbocycles. The van der Waals surface area contributed by atoms with Gasteiger partial charge in [-0.05, 0) is 45.5 Å². The lowest BCUT2D eigenvalue weighted by Gasteiger charge is -2.02. The molecule has 2 heterocycles. The SMILES string of the molecule is COc1ccc(Cn2nnc(-c3cnn(C)c3I)n2)cc1. The second-order valence-electron chi connectivity index (χ2n) is 4.46. The average Bonchev–Trinajstić information content (AvgIpc) is 3.08. The molecule has 0 N–H and O–H groups in total. The Balaban J connectivity index is 1.80. The van der Waals surface area contributed by atoms with E-state index in [-0.39, 0.29) is 0 Å². The minimum absolute atomic E-state index is 0.563. The highest BCUT2D eigenvalue weighted by Gasteiger charge is 2.13. The number of rotatable bonds is 4. The lowest BCUT2D eigenvalue weighted by molar-refractivity contribution is 0.414. The van der Waals surface area contributed by atoms with Gasteiger partial charge in [-0.1, -0.05) is 12.1 Å². The van der Waals surface area contributed by atoms with Gasteiger partial charge in [0.1, 0.15) is 9.45 Å². The predicted octanol–water partition coefficient (Wildman–Crippen LogP) is 1.74. The number of tetrazole rings is 1. The first-order chi connectivity index (χ1) is 10.2. The van der Waals surface area contributed by atoms with Crippen LogP contribution in [0.25, 0.3) is 11.4 Å². The molecule has 0 aliphatic rings. The van der Waals surface area contributed by atoms with E-state index in [1.165, 1.54) is 0 Å². The fraction of sp³-hybridized carbons (Fsp3) is 0.231. The molecule has 3 rings (SSSR count). The van der Waals surface area contributed by atoms with E-state index in [2.05, 4.69) is 43.1 Å². The molecule has 0 atom stereocenters. The third kappa shape index (κ3) is 2.89. The summed E-state index contributed by atoms with van der Waals surface area (Å²) in [4.78, 5) is 1.57. The lowest BCUT2D eigenvalue weighted by atomic mass is 10.2. The molecule has 2 aromatic heterocycles. The Bertz CT molecular complexity index is 748. The van der Waals surface area contributed by atoms with E-state index in [0.29, 0.717) is 12.4 Å². The Kier molecular flexibility index (Phi) is 3.86. The van der Waals surface area contributed by atoms with Crippen LogP contribution in [0.3, 0.4) is 0 Å². The second kappa shape index (κ2) is 5.80. The number of ether oxygens (including phenoxy) is 1. The summed E-state index contributed by atoms with van der Waals surface area (Å²) in [6.07, 6.45) is 1.75. The fourth-order valence-electron chi connectivity index (χ4n) is 1.88. The highest BCUT2D eigenvalue weighted by Crippen LogP contribution is 2.20. The van der Waals surface area contributed by atoms with Crippen LogP contribution in [-0.4, -0.2) is 37.1 Å². The molecule has 0 bridgehead atoms. The summed E-state index contributed by atoms with van der Waals surface area (Å²) in [5.41, 5.74) is 1.97. The zero-order chi connectivity index (χ0) is 14.8. The summed E-state index contributed by atoms with van der Waals surface area (Å²) in [5.74, 6) is 1.41. The largest absolute Gasteiger partial charge is 0.497 e. The molecule has 0 fully saturated rings. The van der Waals surface area contributed by atoms with Gasteiger partial charge in [-0.3, -0.25) is 4.68 Å². The van der Waals surface area contributed by atoms with Crippen molar-refractivity contribution < 1.29 is 4.74 Å². The molecule has 0 radical (unpaired) electrons. The van der Waals surface area contributed by atoms with Crippen molar-refractivity contribution in [1.82, 2.24) is 30.0 Å². The Morgan fingerprint density at radius 2 is 2.00 bits per heavy atom. The first kappa shape index (κ1) is 14.0. The van der Waals surface area contributed by atoms with Crippen LogP contribution in [0.1, 0.15) is 5.56 Å². The van der Waals surface area contributed by atoms with Crippen molar-refractivity contribution >= 4 is 22.6 Å². The molecule has 1 aromatic carbocycles. The summed E-state index contributed by atoms with van der Waals surface area (Å²) < 4.78 is 7.90. The van der Waals surface area contributed by atoms with Crippen LogP contribution in [0, 0.1) is 3.70 Å². The average molecular weight is 396 g/mol. The highest BCUT2D eigenvalue weighted by molar-refractivity contribution is 14.1. The van der Waals surface area contributed by atoms with E-state index in [1.807, 2.05) is 31.3 Å². The summed E-state index contributed by atoms with van der Waals surface area (Å²) in [6.45, 7) is 0.563. The van der Waals surface area contributed by atoms with E-state index < -0.39 is 0 Å². The van der Waals surface area contributed by atoms with Crippen molar-refractivity contribution in [2.75, 3.05) is 7.11 Å². The Morgan fingerprint density at radius 3 is 2.62 bits per heavy atom. The number of benzene rings is 1. The van der Waals surface area contributed by atoms with Gasteiger partial charge in [0.2, 0.25) is 5.82 Å². The molecule has 108 valence electrons. The highest BCUT2D eigenvalue weighted by atomic mass is 127. The lowest BCUT2D eigenvalue weighted by Crippen LogP contribution is -2.04. The van der Waals surface area contributed by atoms with Crippen molar-refractivity contribution in [2.24, 2.45) is 7.05 Å². The van der Waals surface area contributed by atoms with E-state index >= 15 is 0 Å². The van der Waals surface area contributed by atoms with Crippen molar-refractivity contribution in [3.63, 3.8) is 0 Å². The first-order valence-electron chi connectivity index (χ1n) is 6.26. The fourth-order valence-corrected chi connectivity index (χ4v) is 2.39. The second-order valence-corrected chi connectivity index (χ2v) is 5.49. The summed E-state index contributed by atoms with van der Waals surface area (Å²) in [7, 11) is 3.53. The molecule has 0 saturated heterocycles. The maximum absolute atomic E-state index is 5.14. The third-order valence-electron chi connectivity index (χ3n) is 3.04. The number of nitrogens with zero attached hydrogens (tertiary/aromatic N) is 6. The maximum atomic E-state index is 5.14. The molecular weight excluding hydrogens is 383 g/mol. The number of hydrogen-bond donors (Lipinski definition) is 0. The molecule has 0 spiro atoms. The van der Waals surface area contributed by atoms with Gasteiger partial charge in [-0.2, -0.15) is 9.90 Å². The molecule has 0 aliphatic carbocycles. The van der Waals surface area contributed by atoms with Gasteiger partial charge >= 0.3 is 0 Å². The van der Waals surface area contributed by atoms with Crippen LogP contribution in [0.4, 0.5) is 0 Å². The smallest absolute Gasteiger partial charge is 0.209 e. The van der Waals surface area contributed by atoms with Crippen molar-refractivity contribution in [2.45, 2.75) is 6.54 Å². The van der Waals surface area contributed by atoms with E-state index in [9.17, 15) is 0 Å². The summed E-state index contributed by atoms with van der Waals surface area (Å²) in [6, 6.07) is 7.79. The molecule has 0 amide bonds. The number of hydrogen-bond acceptors (Lipinski definition) is 5. The quantitative estimate of drug-likeness (QED) is 0.629. The van der Waals surface area contributed by atoms with E-state index in [0.717, 1.165) is 20.6 Å². The molecular formula is C13H13IN6O. The van der Waals surface area contributed by atoms with Gasteiger partial charge in [0.15, 0.2) is 0 Å². The van der Waals surface area contributed by atoms with Crippen LogP contribution in [0.15, 0.2) is 30.5 Å². The third-order valence-corrected chi connectivity index (χ3v) is 4.32. The first-order valence-corrected chi connectivity index (χ1v) is 7.34. The zero-order valence-corrected chi connectivity index (χ0v) is 13.7. The topological polar surface area (TPSA) is 70.7 Å². The van der Waals surface area contributed by atoms with Crippen molar-refractivity contribution in [3.05, 3.63) is 39.7 Å². The van der Waals surface area contributed by atoms with Crippen LogP contribution >= 0.6 is 22.6 Å². The predicted molar refractivity (Wildman–Crippen MR) is 84.8 cm³/mol. The number of methoxy groups -OCH3 is 1. The van der Waals surface area contributed by atoms with Crippen LogP contribution in [-0.2, 0) is 13.6 Å². The standard InChI is InChI=1S/C13H13IN6O/c1-19-12(14)11(7-15-19)13-16-18-20(17-13)8-9-3-5-10(21-2)6-4-9/h3-7H,8H2,1-2H3. The Hall–Kier alpha value is -1.97.